The molecule has 0 atom stereocenters. The Balaban J connectivity index is 0.00000126. The summed E-state index contributed by atoms with van der Waals surface area (Å²) in [4.78, 5) is 13.0. The summed E-state index contributed by atoms with van der Waals surface area (Å²) in [6.45, 7) is 10.2. The minimum absolute atomic E-state index is 0.233. The average Bonchev–Trinajstić information content (AvgIpc) is 3.67. The topological polar surface area (TPSA) is 97.0 Å². The minimum atomic E-state index is -0.928. The fourth-order valence-electron chi connectivity index (χ4n) is 6.82. The Morgan fingerprint density at radius 1 is 0.865 bits per heavy atom. The van der Waals surface area contributed by atoms with Gasteiger partial charge in [0.1, 0.15) is 35.2 Å². The molecule has 0 unspecified atom stereocenters. The van der Waals surface area contributed by atoms with Gasteiger partial charge in [0.2, 0.25) is 0 Å². The van der Waals surface area contributed by atoms with E-state index in [1.54, 1.807) is 7.11 Å². The molecule has 0 aliphatic carbocycles. The lowest BCUT2D eigenvalue weighted by Crippen LogP contribution is -2.12. The fourth-order valence-corrected chi connectivity index (χ4v) is 6.82. The highest BCUT2D eigenvalue weighted by atomic mass is 16.5. The molecule has 0 radical (unpaired) electrons. The molecule has 9 heteroatoms. The zero-order valence-electron chi connectivity index (χ0n) is 31.3. The Hall–Kier alpha value is -5.28. The van der Waals surface area contributed by atoms with Gasteiger partial charge in [0.05, 0.1) is 31.5 Å². The summed E-state index contributed by atoms with van der Waals surface area (Å²) in [6.07, 6.45) is 2.84. The second-order valence-electron chi connectivity index (χ2n) is 12.0. The lowest BCUT2D eigenvalue weighted by Gasteiger charge is -2.13. The summed E-state index contributed by atoms with van der Waals surface area (Å²) >= 11 is 0. The van der Waals surface area contributed by atoms with E-state index < -0.39 is 5.97 Å². The number of carboxylic acids is 1. The van der Waals surface area contributed by atoms with Crippen LogP contribution in [0.3, 0.4) is 0 Å². The van der Waals surface area contributed by atoms with Gasteiger partial charge < -0.3 is 28.6 Å². The van der Waals surface area contributed by atoms with Crippen molar-refractivity contribution in [1.82, 2.24) is 14.3 Å². The number of ether oxygens (including phenoxy) is 4. The van der Waals surface area contributed by atoms with Crippen molar-refractivity contribution in [3.63, 3.8) is 0 Å². The molecule has 274 valence electrons. The number of methoxy groups -OCH3 is 1. The predicted molar refractivity (Wildman–Crippen MR) is 208 cm³/mol. The average molecular weight is 706 g/mol. The number of para-hydroxylation sites is 1. The molecule has 9 nitrogen and oxygen atoms in total. The second-order valence-corrected chi connectivity index (χ2v) is 12.0. The van der Waals surface area contributed by atoms with E-state index in [-0.39, 0.29) is 6.61 Å². The van der Waals surface area contributed by atoms with Crippen LogP contribution in [0.1, 0.15) is 74.4 Å². The second kappa shape index (κ2) is 18.3. The molecule has 3 heterocycles. The molecule has 0 spiro atoms. The van der Waals surface area contributed by atoms with Gasteiger partial charge in [-0.2, -0.15) is 5.10 Å². The van der Waals surface area contributed by atoms with E-state index in [4.69, 9.17) is 24.0 Å². The first-order valence-electron chi connectivity index (χ1n) is 18.4. The number of carboxylic acid groups (broad SMARTS) is 1. The van der Waals surface area contributed by atoms with Gasteiger partial charge in [-0.3, -0.25) is 4.68 Å². The summed E-state index contributed by atoms with van der Waals surface area (Å²) in [5.74, 6) is 1.36. The smallest absolute Gasteiger partial charge is 0.352 e. The van der Waals surface area contributed by atoms with Crippen molar-refractivity contribution in [2.45, 2.75) is 73.1 Å². The van der Waals surface area contributed by atoms with Crippen LogP contribution in [0.25, 0.3) is 32.8 Å². The number of hydrogen-bond acceptors (Lipinski definition) is 6. The van der Waals surface area contributed by atoms with Gasteiger partial charge >= 0.3 is 5.97 Å². The molecule has 4 aromatic carbocycles. The summed E-state index contributed by atoms with van der Waals surface area (Å²) in [7, 11) is 3.55. The number of aromatic carboxylic acids is 1. The molecule has 7 rings (SSSR count). The molecule has 6 aromatic rings. The summed E-state index contributed by atoms with van der Waals surface area (Å²) < 4.78 is 27.7. The van der Waals surface area contributed by atoms with E-state index >= 15 is 0 Å². The maximum Gasteiger partial charge on any atom is 0.352 e. The first-order valence-corrected chi connectivity index (χ1v) is 18.4. The van der Waals surface area contributed by atoms with Crippen molar-refractivity contribution < 1.29 is 28.8 Å². The minimum Gasteiger partial charge on any atom is -0.497 e. The van der Waals surface area contributed by atoms with Crippen LogP contribution in [-0.2, 0) is 38.0 Å². The normalized spacial score (nSPS) is 12.4. The molecular formula is C43H51N3O6. The Bertz CT molecular complexity index is 2070. The lowest BCUT2D eigenvalue weighted by molar-refractivity contribution is 0.0683. The van der Waals surface area contributed by atoms with Crippen molar-refractivity contribution in [3.05, 3.63) is 108 Å². The van der Waals surface area contributed by atoms with E-state index in [0.717, 1.165) is 74.1 Å². The van der Waals surface area contributed by atoms with E-state index in [0.29, 0.717) is 50.7 Å². The molecule has 0 saturated carbocycles. The van der Waals surface area contributed by atoms with Crippen molar-refractivity contribution in [1.29, 1.82) is 0 Å². The van der Waals surface area contributed by atoms with Crippen LogP contribution >= 0.6 is 0 Å². The Labute approximate surface area is 306 Å². The number of carbonyl (C=O) groups is 1. The SMILES string of the molecule is CC.CC.COc1ccc(OCc2nn(C)c3c2-c2cccc4c(CCCOc5cccc6ccccc56)c(C(=O)O)n(c24)CCCCOC3)cc1. The van der Waals surface area contributed by atoms with E-state index in [2.05, 4.69) is 24.3 Å². The lowest BCUT2D eigenvalue weighted by atomic mass is 9.98. The van der Waals surface area contributed by atoms with Gasteiger partial charge in [0.15, 0.2) is 0 Å². The molecule has 1 aliphatic heterocycles. The Morgan fingerprint density at radius 2 is 1.58 bits per heavy atom. The number of aryl methyl sites for hydroxylation is 3. The molecule has 1 N–H and O–H groups in total. The van der Waals surface area contributed by atoms with Gasteiger partial charge in [-0.1, -0.05) is 82.3 Å². The van der Waals surface area contributed by atoms with Crippen molar-refractivity contribution >= 4 is 27.6 Å². The third kappa shape index (κ3) is 8.10. The van der Waals surface area contributed by atoms with Gasteiger partial charge in [-0.15, -0.1) is 0 Å². The molecule has 1 aliphatic rings. The van der Waals surface area contributed by atoms with Gasteiger partial charge in [-0.05, 0) is 67.0 Å². The van der Waals surface area contributed by atoms with Crippen molar-refractivity contribution in [3.8, 4) is 28.4 Å². The summed E-state index contributed by atoms with van der Waals surface area (Å²) in [5, 5.41) is 18.7. The zero-order chi connectivity index (χ0) is 37.0. The van der Waals surface area contributed by atoms with Crippen LogP contribution in [0.15, 0.2) is 84.9 Å². The van der Waals surface area contributed by atoms with E-state index in [1.165, 1.54) is 0 Å². The highest BCUT2D eigenvalue weighted by Crippen LogP contribution is 2.39. The first-order chi connectivity index (χ1) is 25.5. The monoisotopic (exact) mass is 705 g/mol. The number of aromatic nitrogens is 3. The molecular weight excluding hydrogens is 654 g/mol. The maximum atomic E-state index is 13.0. The number of benzene rings is 4. The quantitative estimate of drug-likeness (QED) is 0.142. The van der Waals surface area contributed by atoms with Crippen LogP contribution in [0.2, 0.25) is 0 Å². The Morgan fingerprint density at radius 3 is 2.35 bits per heavy atom. The largest absolute Gasteiger partial charge is 0.497 e. The summed E-state index contributed by atoms with van der Waals surface area (Å²) in [6, 6.07) is 27.8. The van der Waals surface area contributed by atoms with Crippen molar-refractivity contribution in [2.75, 3.05) is 20.3 Å². The molecule has 0 bridgehead atoms. The number of rotatable bonds is 10. The number of hydrogen-bond donors (Lipinski definition) is 1. The van der Waals surface area contributed by atoms with Gasteiger partial charge in [0, 0.05) is 42.1 Å². The van der Waals surface area contributed by atoms with Crippen LogP contribution in [-0.4, -0.2) is 45.7 Å². The maximum absolute atomic E-state index is 13.0. The fraction of sp³-hybridized carbons (Fsp3) is 0.349. The van der Waals surface area contributed by atoms with Crippen LogP contribution in [0.4, 0.5) is 0 Å². The van der Waals surface area contributed by atoms with Crippen LogP contribution in [0, 0.1) is 0 Å². The number of nitrogens with zero attached hydrogens (tertiary/aromatic N) is 3. The highest BCUT2D eigenvalue weighted by molar-refractivity contribution is 6.04. The first kappa shape index (κ1) is 38.0. The van der Waals surface area contributed by atoms with Crippen LogP contribution < -0.4 is 14.2 Å². The summed E-state index contributed by atoms with van der Waals surface area (Å²) in [5.41, 5.74) is 5.59. The molecule has 0 fully saturated rings. The third-order valence-corrected chi connectivity index (χ3v) is 9.07. The molecule has 2 aromatic heterocycles. The molecule has 0 amide bonds. The predicted octanol–water partition coefficient (Wildman–Crippen LogP) is 9.86. The van der Waals surface area contributed by atoms with Gasteiger partial charge in [-0.25, -0.2) is 4.79 Å². The molecule has 0 saturated heterocycles. The standard InChI is InChI=1S/C39H39N3O6.2C2H6/c1-41-34-25-46-22-6-5-21-42-37-30(13-8-14-32(37)36(34)33(40-41)24-48-28-19-17-27(45-2)18-20-28)31(38(42)39(43)44)15-9-23-47-35-16-7-11-26-10-3-4-12-29(26)35;2*1-2/h3-4,7-8,10-14,16-20H,5-6,9,15,21-25H2,1-2H3,(H,43,44);2*1-2H3. The third-order valence-electron chi connectivity index (χ3n) is 9.07. The number of fused-ring (bicyclic) bond motifs is 3. The van der Waals surface area contributed by atoms with Crippen LogP contribution in [0.5, 0.6) is 17.2 Å². The zero-order valence-corrected chi connectivity index (χ0v) is 31.3. The van der Waals surface area contributed by atoms with E-state index in [1.807, 2.05) is 105 Å². The molecule has 52 heavy (non-hydrogen) atoms. The van der Waals surface area contributed by atoms with Gasteiger partial charge in [0.25, 0.3) is 0 Å². The Kier molecular flexibility index (Phi) is 13.3. The van der Waals surface area contributed by atoms with E-state index in [9.17, 15) is 9.90 Å². The van der Waals surface area contributed by atoms with Crippen molar-refractivity contribution in [2.24, 2.45) is 7.05 Å². The highest BCUT2D eigenvalue weighted by Gasteiger charge is 2.28.